The number of carbonyl (C=O) groups is 4. The summed E-state index contributed by atoms with van der Waals surface area (Å²) in [5.74, 6) is -3.04. The van der Waals surface area contributed by atoms with Crippen molar-refractivity contribution in [2.75, 3.05) is 14.2 Å². The number of rotatable bonds is 17. The van der Waals surface area contributed by atoms with Crippen molar-refractivity contribution in [3.05, 3.63) is 144 Å². The van der Waals surface area contributed by atoms with E-state index in [4.69, 9.17) is 18.9 Å². The van der Waals surface area contributed by atoms with E-state index in [0.717, 1.165) is 22.3 Å². The first-order chi connectivity index (χ1) is 29.5. The van der Waals surface area contributed by atoms with Crippen LogP contribution in [0.15, 0.2) is 121 Å². The summed E-state index contributed by atoms with van der Waals surface area (Å²) in [7, 11) is 6.03. The third kappa shape index (κ3) is 9.63. The molecule has 4 amide bonds. The highest BCUT2D eigenvalue weighted by atomic mass is 33.1. The number of hydrogen-bond acceptors (Lipinski definition) is 10. The predicted molar refractivity (Wildman–Crippen MR) is 245 cm³/mol. The molecule has 62 heavy (non-hydrogen) atoms. The van der Waals surface area contributed by atoms with Gasteiger partial charge in [0.15, 0.2) is 0 Å². The van der Waals surface area contributed by atoms with Crippen LogP contribution in [-0.2, 0) is 28.5 Å². The number of methoxy groups -OCH3 is 2. The molecule has 0 N–H and O–H groups in total. The lowest BCUT2D eigenvalue weighted by molar-refractivity contribution is -0.140. The van der Waals surface area contributed by atoms with Gasteiger partial charge in [0.05, 0.1) is 46.6 Å². The second-order valence-corrected chi connectivity index (χ2v) is 20.3. The van der Waals surface area contributed by atoms with Crippen molar-refractivity contribution < 1.29 is 38.1 Å². The van der Waals surface area contributed by atoms with Crippen LogP contribution in [0.5, 0.6) is 0 Å². The monoisotopic (exact) mass is 880 g/mol. The number of hydrogen-bond donors (Lipinski definition) is 0. The van der Waals surface area contributed by atoms with E-state index in [-0.39, 0.29) is 11.8 Å². The summed E-state index contributed by atoms with van der Waals surface area (Å²) in [4.78, 5) is 61.7. The van der Waals surface area contributed by atoms with Gasteiger partial charge in [-0.1, -0.05) is 171 Å². The molecule has 0 unspecified atom stereocenters. The van der Waals surface area contributed by atoms with E-state index in [1.54, 1.807) is 14.2 Å². The Morgan fingerprint density at radius 1 is 0.516 bits per heavy atom. The van der Waals surface area contributed by atoms with Crippen molar-refractivity contribution in [1.29, 1.82) is 0 Å². The molecule has 330 valence electrons. The number of nitrogens with zero attached hydrogens (tertiary/aromatic N) is 2. The predicted octanol–water partition coefficient (Wildman–Crippen LogP) is 11.4. The Kier molecular flexibility index (Phi) is 15.0. The van der Waals surface area contributed by atoms with E-state index in [1.807, 2.05) is 177 Å². The molecule has 4 aromatic carbocycles. The molecule has 10 nitrogen and oxygen atoms in total. The summed E-state index contributed by atoms with van der Waals surface area (Å²) < 4.78 is 24.5. The highest BCUT2D eigenvalue weighted by Crippen LogP contribution is 2.57. The molecule has 6 rings (SSSR count). The van der Waals surface area contributed by atoms with E-state index in [0.29, 0.717) is 0 Å². The average Bonchev–Trinajstić information content (AvgIpc) is 3.66. The van der Waals surface area contributed by atoms with Gasteiger partial charge in [0.25, 0.3) is 0 Å². The summed E-state index contributed by atoms with van der Waals surface area (Å²) >= 11 is 0. The molecule has 0 radical (unpaired) electrons. The summed E-state index contributed by atoms with van der Waals surface area (Å²) in [6.07, 6.45) is -3.00. The zero-order chi connectivity index (χ0) is 44.9. The van der Waals surface area contributed by atoms with Gasteiger partial charge in [-0.25, -0.2) is 19.4 Å². The maximum absolute atomic E-state index is 15.6. The van der Waals surface area contributed by atoms with Crippen LogP contribution in [0.2, 0.25) is 0 Å². The fourth-order valence-corrected chi connectivity index (χ4v) is 13.3. The molecule has 8 atom stereocenters. The number of cyclic esters (lactones) is 2. The first kappa shape index (κ1) is 46.9. The van der Waals surface area contributed by atoms with Crippen molar-refractivity contribution in [3.8, 4) is 0 Å². The first-order valence-electron chi connectivity index (χ1n) is 21.2. The molecule has 2 saturated heterocycles. The number of amides is 4. The fourth-order valence-electron chi connectivity index (χ4n) is 9.65. The van der Waals surface area contributed by atoms with Crippen molar-refractivity contribution >= 4 is 45.6 Å². The Hall–Kier alpha value is -4.62. The first-order valence-corrected chi connectivity index (χ1v) is 23.5. The van der Waals surface area contributed by atoms with E-state index >= 15 is 9.59 Å². The minimum absolute atomic E-state index is 0.119. The molecule has 2 fully saturated rings. The maximum Gasteiger partial charge on any atom is 0.417 e. The van der Waals surface area contributed by atoms with Crippen LogP contribution in [0, 0.1) is 23.7 Å². The number of imide groups is 2. The largest absolute Gasteiger partial charge is 0.441 e. The van der Waals surface area contributed by atoms with Crippen LogP contribution in [0.1, 0.15) is 100 Å². The maximum atomic E-state index is 15.6. The highest BCUT2D eigenvalue weighted by molar-refractivity contribution is 8.76. The third-order valence-corrected chi connectivity index (χ3v) is 15.2. The van der Waals surface area contributed by atoms with Crippen molar-refractivity contribution in [3.63, 3.8) is 0 Å². The summed E-state index contributed by atoms with van der Waals surface area (Å²) in [5, 5.41) is -1.30. The quantitative estimate of drug-likeness (QED) is 0.0950. The van der Waals surface area contributed by atoms with Gasteiger partial charge in [0, 0.05) is 14.2 Å². The van der Waals surface area contributed by atoms with Crippen molar-refractivity contribution in [1.82, 2.24) is 9.80 Å². The summed E-state index contributed by atoms with van der Waals surface area (Å²) in [6, 6.07) is 37.4. The normalized spacial score (nSPS) is 21.2. The van der Waals surface area contributed by atoms with Crippen LogP contribution in [0.3, 0.4) is 0 Å². The number of benzene rings is 4. The van der Waals surface area contributed by atoms with Gasteiger partial charge in [-0.05, 0) is 61.8 Å². The lowest BCUT2D eigenvalue weighted by Crippen LogP contribution is -2.51. The van der Waals surface area contributed by atoms with Gasteiger partial charge < -0.3 is 18.9 Å². The Labute approximate surface area is 374 Å². The molecule has 12 heteroatoms. The van der Waals surface area contributed by atoms with Crippen molar-refractivity contribution in [2.24, 2.45) is 23.7 Å². The second kappa shape index (κ2) is 19.8. The lowest BCUT2D eigenvalue weighted by atomic mass is 9.84. The molecular weight excluding hydrogens is 821 g/mol. The van der Waals surface area contributed by atoms with Crippen LogP contribution < -0.4 is 0 Å². The zero-order valence-corrected chi connectivity index (χ0v) is 38.9. The Balaban J connectivity index is 1.54. The van der Waals surface area contributed by atoms with Gasteiger partial charge in [-0.2, -0.15) is 0 Å². The summed E-state index contributed by atoms with van der Waals surface area (Å²) in [6.45, 7) is 15.3. The SMILES string of the molecule is CO[C@@H](c1ccccc1)[C@@H](C(=O)N1C(=O)OC(C)(C)[C@@H]1C(C)C)[C@H](SS[C@H](c1ccccc1)[C@H](C(=O)N1C(=O)OC(C)(C)[C@@H]1C(C)C)[C@@H](OC)c1ccccc1)c1ccccc1. The molecule has 0 aliphatic carbocycles. The molecule has 4 aromatic rings. The van der Waals surface area contributed by atoms with Crippen LogP contribution in [0.4, 0.5) is 9.59 Å². The molecular formula is C50H60N2O8S2. The van der Waals surface area contributed by atoms with Gasteiger partial charge in [-0.3, -0.25) is 9.59 Å². The van der Waals surface area contributed by atoms with Crippen LogP contribution in [0.25, 0.3) is 0 Å². The Morgan fingerprint density at radius 2 is 0.790 bits per heavy atom. The van der Waals surface area contributed by atoms with Crippen LogP contribution >= 0.6 is 21.6 Å². The number of ether oxygens (including phenoxy) is 4. The standard InChI is InChI=1S/C50H60N2O8S2/c1-31(2)43-49(5,6)59-47(55)51(43)45(53)37(39(57-9)33-23-15-11-16-24-33)41(35-27-19-13-20-28-35)61-62-42(36-29-21-14-22-30-36)38(40(58-10)34-25-17-12-18-26-34)46(54)52-44(32(3)4)50(7,8)60-48(52)56/h11-32,37-44H,1-10H3/t37-,38-,39+,40+,41-,42-,43+,44+/m1/s1. The van der Waals surface area contributed by atoms with E-state index < -0.39 is 81.8 Å². The van der Waals surface area contributed by atoms with E-state index in [1.165, 1.54) is 31.4 Å². The minimum atomic E-state index is -0.970. The second-order valence-electron chi connectivity index (χ2n) is 17.8. The topological polar surface area (TPSA) is 112 Å². The third-order valence-electron chi connectivity index (χ3n) is 12.0. The van der Waals surface area contributed by atoms with Gasteiger partial charge in [0.2, 0.25) is 11.8 Å². The van der Waals surface area contributed by atoms with Gasteiger partial charge >= 0.3 is 12.2 Å². The minimum Gasteiger partial charge on any atom is -0.441 e. The Morgan fingerprint density at radius 3 is 1.05 bits per heavy atom. The molecule has 2 aliphatic rings. The summed E-state index contributed by atoms with van der Waals surface area (Å²) in [5.41, 5.74) is 1.28. The Bertz CT molecular complexity index is 1980. The molecule has 0 saturated carbocycles. The highest BCUT2D eigenvalue weighted by Gasteiger charge is 2.57. The zero-order valence-electron chi connectivity index (χ0n) is 37.3. The average molecular weight is 881 g/mol. The molecule has 0 bridgehead atoms. The molecule has 2 aliphatic heterocycles. The van der Waals surface area contributed by atoms with E-state index in [9.17, 15) is 9.59 Å². The lowest BCUT2D eigenvalue weighted by Gasteiger charge is -2.39. The van der Waals surface area contributed by atoms with Crippen molar-refractivity contribution in [2.45, 2.75) is 101 Å². The van der Waals surface area contributed by atoms with E-state index in [2.05, 4.69) is 0 Å². The van der Waals surface area contributed by atoms with Crippen LogP contribution in [-0.4, -0.2) is 71.3 Å². The smallest absolute Gasteiger partial charge is 0.417 e. The number of carbonyl (C=O) groups excluding carboxylic acids is 4. The molecule has 2 heterocycles. The molecule has 0 spiro atoms. The molecule has 0 aromatic heterocycles. The van der Waals surface area contributed by atoms with Gasteiger partial charge in [0.1, 0.15) is 11.2 Å². The fraction of sp³-hybridized carbons (Fsp3) is 0.440. The van der Waals surface area contributed by atoms with Gasteiger partial charge in [-0.15, -0.1) is 0 Å².